The van der Waals surface area contributed by atoms with Gasteiger partial charge in [-0.2, -0.15) is 0 Å². The maximum Gasteiger partial charge on any atom is 0.238 e. The molecule has 0 saturated heterocycles. The summed E-state index contributed by atoms with van der Waals surface area (Å²) in [5.74, 6) is 0.687. The lowest BCUT2D eigenvalue weighted by atomic mass is 9.80. The largest absolute Gasteiger partial charge is 0.324 e. The number of carbonyl (C=O) groups is 1. The lowest BCUT2D eigenvalue weighted by Gasteiger charge is -2.31. The highest BCUT2D eigenvalue weighted by atomic mass is 35.5. The quantitative estimate of drug-likeness (QED) is 0.860. The van der Waals surface area contributed by atoms with Crippen molar-refractivity contribution in [2.45, 2.75) is 32.2 Å². The van der Waals surface area contributed by atoms with Crippen LogP contribution >= 0.6 is 11.6 Å². The summed E-state index contributed by atoms with van der Waals surface area (Å²) >= 11 is 5.98. The van der Waals surface area contributed by atoms with Gasteiger partial charge in [-0.1, -0.05) is 30.2 Å². The van der Waals surface area contributed by atoms with Gasteiger partial charge in [0.1, 0.15) is 0 Å². The van der Waals surface area contributed by atoms with Gasteiger partial charge in [0, 0.05) is 6.04 Å². The molecule has 2 N–H and O–H groups in total. The van der Waals surface area contributed by atoms with Crippen LogP contribution in [0.4, 0.5) is 5.69 Å². The molecule has 0 bridgehead atoms. The fraction of sp³-hybridized carbons (Fsp3) is 0.500. The van der Waals surface area contributed by atoms with Crippen LogP contribution in [0.5, 0.6) is 0 Å². The van der Waals surface area contributed by atoms with Crippen molar-refractivity contribution in [2.75, 3.05) is 11.9 Å². The molecule has 1 unspecified atom stereocenters. The number of rotatable bonds is 5. The predicted molar refractivity (Wildman–Crippen MR) is 74.9 cm³/mol. The average molecular weight is 267 g/mol. The molecule has 98 valence electrons. The van der Waals surface area contributed by atoms with Crippen molar-refractivity contribution >= 4 is 23.2 Å². The summed E-state index contributed by atoms with van der Waals surface area (Å²) in [7, 11) is 0. The molecule has 1 aromatic carbocycles. The standard InChI is InChI=1S/C14H19ClN2O/c1-10(11-5-4-6-11)16-9-14(18)17-13-8-3-2-7-12(13)15/h2-3,7-8,10-11,16H,4-6,9H2,1H3,(H,17,18). The van der Waals surface area contributed by atoms with E-state index in [2.05, 4.69) is 17.6 Å². The normalized spacial score (nSPS) is 17.0. The average Bonchev–Trinajstić information content (AvgIpc) is 2.27. The Hall–Kier alpha value is -1.06. The van der Waals surface area contributed by atoms with Crippen LogP contribution in [0.2, 0.25) is 5.02 Å². The molecule has 3 nitrogen and oxygen atoms in total. The van der Waals surface area contributed by atoms with E-state index in [1.807, 2.05) is 12.1 Å². The molecular weight excluding hydrogens is 248 g/mol. The second-order valence-electron chi connectivity index (χ2n) is 4.89. The fourth-order valence-electron chi connectivity index (χ4n) is 2.12. The van der Waals surface area contributed by atoms with Crippen molar-refractivity contribution in [3.05, 3.63) is 29.3 Å². The summed E-state index contributed by atoms with van der Waals surface area (Å²) in [5.41, 5.74) is 0.669. The molecule has 1 amide bonds. The Morgan fingerprint density at radius 2 is 2.17 bits per heavy atom. The second-order valence-corrected chi connectivity index (χ2v) is 5.30. The van der Waals surface area contributed by atoms with Crippen molar-refractivity contribution in [1.82, 2.24) is 5.32 Å². The Morgan fingerprint density at radius 3 is 2.78 bits per heavy atom. The van der Waals surface area contributed by atoms with Crippen LogP contribution in [-0.4, -0.2) is 18.5 Å². The van der Waals surface area contributed by atoms with Crippen LogP contribution in [0.1, 0.15) is 26.2 Å². The molecule has 0 spiro atoms. The Morgan fingerprint density at radius 1 is 1.44 bits per heavy atom. The fourth-order valence-corrected chi connectivity index (χ4v) is 2.30. The van der Waals surface area contributed by atoms with E-state index in [1.54, 1.807) is 12.1 Å². The van der Waals surface area contributed by atoms with Crippen molar-refractivity contribution < 1.29 is 4.79 Å². The molecule has 2 rings (SSSR count). The highest BCUT2D eigenvalue weighted by Crippen LogP contribution is 2.29. The predicted octanol–water partition coefficient (Wildman–Crippen LogP) is 3.06. The van der Waals surface area contributed by atoms with Crippen LogP contribution in [0.15, 0.2) is 24.3 Å². The molecule has 0 radical (unpaired) electrons. The van der Waals surface area contributed by atoms with E-state index >= 15 is 0 Å². The number of carbonyl (C=O) groups excluding carboxylic acids is 1. The molecule has 1 aliphatic carbocycles. The van der Waals surface area contributed by atoms with E-state index in [4.69, 9.17) is 11.6 Å². The molecular formula is C14H19ClN2O. The Labute approximate surface area is 113 Å². The summed E-state index contributed by atoms with van der Waals surface area (Å²) < 4.78 is 0. The summed E-state index contributed by atoms with van der Waals surface area (Å²) in [4.78, 5) is 11.8. The molecule has 1 aliphatic rings. The van der Waals surface area contributed by atoms with E-state index in [9.17, 15) is 4.79 Å². The van der Waals surface area contributed by atoms with Gasteiger partial charge in [-0.15, -0.1) is 0 Å². The summed E-state index contributed by atoms with van der Waals surface area (Å²) in [6.07, 6.45) is 3.88. The number of anilines is 1. The van der Waals surface area contributed by atoms with Crippen LogP contribution in [0, 0.1) is 5.92 Å². The van der Waals surface area contributed by atoms with Gasteiger partial charge in [0.25, 0.3) is 0 Å². The Kier molecular flexibility index (Phi) is 4.61. The molecule has 0 heterocycles. The van der Waals surface area contributed by atoms with Crippen LogP contribution in [0.25, 0.3) is 0 Å². The minimum absolute atomic E-state index is 0.0470. The third-order valence-corrected chi connectivity index (χ3v) is 3.92. The zero-order valence-electron chi connectivity index (χ0n) is 10.6. The van der Waals surface area contributed by atoms with E-state index in [1.165, 1.54) is 19.3 Å². The summed E-state index contributed by atoms with van der Waals surface area (Å²) in [5, 5.41) is 6.64. The van der Waals surface area contributed by atoms with Crippen molar-refractivity contribution in [2.24, 2.45) is 5.92 Å². The molecule has 18 heavy (non-hydrogen) atoms. The molecule has 0 aliphatic heterocycles. The highest BCUT2D eigenvalue weighted by Gasteiger charge is 2.23. The number of nitrogens with one attached hydrogen (secondary N) is 2. The third-order valence-electron chi connectivity index (χ3n) is 3.59. The minimum atomic E-state index is -0.0470. The molecule has 4 heteroatoms. The molecule has 1 saturated carbocycles. The molecule has 1 aromatic rings. The van der Waals surface area contributed by atoms with Gasteiger partial charge in [0.2, 0.25) is 5.91 Å². The van der Waals surface area contributed by atoms with Crippen LogP contribution in [0.3, 0.4) is 0 Å². The smallest absolute Gasteiger partial charge is 0.238 e. The van der Waals surface area contributed by atoms with Gasteiger partial charge < -0.3 is 10.6 Å². The van der Waals surface area contributed by atoms with E-state index in [-0.39, 0.29) is 5.91 Å². The van der Waals surface area contributed by atoms with Gasteiger partial charge in [-0.25, -0.2) is 0 Å². The Balaban J connectivity index is 1.76. The summed E-state index contributed by atoms with van der Waals surface area (Å²) in [6, 6.07) is 7.67. The van der Waals surface area contributed by atoms with E-state index in [0.717, 1.165) is 5.92 Å². The maximum absolute atomic E-state index is 11.8. The van der Waals surface area contributed by atoms with Gasteiger partial charge in [-0.3, -0.25) is 4.79 Å². The minimum Gasteiger partial charge on any atom is -0.324 e. The second kappa shape index (κ2) is 6.21. The first-order chi connectivity index (χ1) is 8.66. The van der Waals surface area contributed by atoms with Crippen molar-refractivity contribution in [1.29, 1.82) is 0 Å². The first-order valence-corrected chi connectivity index (χ1v) is 6.82. The SMILES string of the molecule is CC(NCC(=O)Nc1ccccc1Cl)C1CCC1. The number of hydrogen-bond acceptors (Lipinski definition) is 2. The Bertz CT molecular complexity index is 418. The van der Waals surface area contributed by atoms with E-state index in [0.29, 0.717) is 23.3 Å². The number of hydrogen-bond donors (Lipinski definition) is 2. The van der Waals surface area contributed by atoms with Crippen LogP contribution in [-0.2, 0) is 4.79 Å². The van der Waals surface area contributed by atoms with Crippen molar-refractivity contribution in [3.63, 3.8) is 0 Å². The third kappa shape index (κ3) is 3.47. The van der Waals surface area contributed by atoms with E-state index < -0.39 is 0 Å². The van der Waals surface area contributed by atoms with Crippen LogP contribution < -0.4 is 10.6 Å². The zero-order valence-corrected chi connectivity index (χ0v) is 11.3. The van der Waals surface area contributed by atoms with Gasteiger partial charge in [0.05, 0.1) is 17.3 Å². The lowest BCUT2D eigenvalue weighted by molar-refractivity contribution is -0.115. The highest BCUT2D eigenvalue weighted by molar-refractivity contribution is 6.33. The maximum atomic E-state index is 11.8. The number of amides is 1. The van der Waals surface area contributed by atoms with Gasteiger partial charge in [-0.05, 0) is 37.8 Å². The molecule has 1 atom stereocenters. The zero-order chi connectivity index (χ0) is 13.0. The molecule has 1 fully saturated rings. The topological polar surface area (TPSA) is 41.1 Å². The first-order valence-electron chi connectivity index (χ1n) is 6.44. The lowest BCUT2D eigenvalue weighted by Crippen LogP contribution is -2.41. The monoisotopic (exact) mass is 266 g/mol. The first kappa shape index (κ1) is 13.4. The van der Waals surface area contributed by atoms with Gasteiger partial charge in [0.15, 0.2) is 0 Å². The number of benzene rings is 1. The molecule has 0 aromatic heterocycles. The number of halogens is 1. The summed E-state index contributed by atoms with van der Waals surface area (Å²) in [6.45, 7) is 2.48. The van der Waals surface area contributed by atoms with Gasteiger partial charge >= 0.3 is 0 Å². The van der Waals surface area contributed by atoms with Crippen molar-refractivity contribution in [3.8, 4) is 0 Å². The number of para-hydroxylation sites is 1.